The van der Waals surface area contributed by atoms with Crippen molar-refractivity contribution in [3.05, 3.63) is 59.2 Å². The maximum Gasteiger partial charge on any atom is 0.335 e. The van der Waals surface area contributed by atoms with Gasteiger partial charge in [0.15, 0.2) is 9.84 Å². The summed E-state index contributed by atoms with van der Waals surface area (Å²) in [7, 11) is -7.16. The van der Waals surface area contributed by atoms with Crippen LogP contribution in [0.2, 0.25) is 0 Å². The predicted octanol–water partition coefficient (Wildman–Crippen LogP) is 1.41. The number of carboxylic acids is 1. The van der Waals surface area contributed by atoms with Gasteiger partial charge in [0, 0.05) is 17.3 Å². The summed E-state index contributed by atoms with van der Waals surface area (Å²) in [6.45, 7) is 1.55. The largest absolute Gasteiger partial charge is 0.478 e. The maximum absolute atomic E-state index is 12.7. The van der Waals surface area contributed by atoms with E-state index >= 15 is 0 Å². The summed E-state index contributed by atoms with van der Waals surface area (Å²) in [5.41, 5.74) is 0.679. The Morgan fingerprint density at radius 1 is 1.07 bits per heavy atom. The molecule has 1 atom stereocenters. The second-order valence-corrected chi connectivity index (χ2v) is 10.9. The van der Waals surface area contributed by atoms with Gasteiger partial charge in [-0.05, 0) is 55.3 Å². The van der Waals surface area contributed by atoms with Gasteiger partial charge in [-0.1, -0.05) is 6.07 Å². The third-order valence-electron chi connectivity index (χ3n) is 4.69. The summed E-state index contributed by atoms with van der Waals surface area (Å²) in [4.78, 5) is 23.2. The molecule has 11 heteroatoms. The Morgan fingerprint density at radius 3 is 2.27 bits per heavy atom. The molecule has 1 fully saturated rings. The summed E-state index contributed by atoms with van der Waals surface area (Å²) >= 11 is 0. The van der Waals surface area contributed by atoms with Crippen LogP contribution in [-0.2, 0) is 19.9 Å². The fraction of sp³-hybridized carbons (Fsp3) is 0.263. The molecule has 1 heterocycles. The fourth-order valence-electron chi connectivity index (χ4n) is 3.10. The summed E-state index contributed by atoms with van der Waals surface area (Å²) in [5, 5.41) is 11.7. The topological polar surface area (TPSA) is 147 Å². The molecule has 1 amide bonds. The Balaban J connectivity index is 1.73. The maximum atomic E-state index is 12.7. The van der Waals surface area contributed by atoms with Crippen LogP contribution in [0.1, 0.15) is 32.7 Å². The lowest BCUT2D eigenvalue weighted by molar-refractivity contribution is 0.0696. The normalized spacial score (nSPS) is 18.0. The van der Waals surface area contributed by atoms with Crippen LogP contribution in [0.3, 0.4) is 0 Å². The standard InChI is InChI=1S/C19H20N2O7S2/c1-12-2-3-14(19(23)24)10-17(12)30(27,28)21-15-6-4-13(5-7-15)18(22)20-16-8-9-29(25,26)11-16/h2-7,10,16,21H,8-9,11H2,1H3,(H,20,22)(H,23,24)/t16-/m0/s1. The van der Waals surface area contributed by atoms with Crippen LogP contribution in [0.25, 0.3) is 0 Å². The molecule has 0 spiro atoms. The number of nitrogens with one attached hydrogen (secondary N) is 2. The first-order chi connectivity index (χ1) is 14.0. The number of rotatable bonds is 6. The van der Waals surface area contributed by atoms with E-state index in [2.05, 4.69) is 10.0 Å². The molecule has 0 radical (unpaired) electrons. The lowest BCUT2D eigenvalue weighted by Gasteiger charge is -2.13. The zero-order chi connectivity index (χ0) is 22.1. The number of benzene rings is 2. The summed E-state index contributed by atoms with van der Waals surface area (Å²) < 4.78 is 50.7. The molecule has 1 saturated heterocycles. The van der Waals surface area contributed by atoms with Crippen molar-refractivity contribution in [1.29, 1.82) is 0 Å². The number of sulfonamides is 1. The van der Waals surface area contributed by atoms with Crippen LogP contribution < -0.4 is 10.0 Å². The first kappa shape index (κ1) is 21.8. The highest BCUT2D eigenvalue weighted by Crippen LogP contribution is 2.21. The Kier molecular flexibility index (Phi) is 5.86. The number of carbonyl (C=O) groups excluding carboxylic acids is 1. The van der Waals surface area contributed by atoms with Crippen LogP contribution in [0, 0.1) is 6.92 Å². The summed E-state index contributed by atoms with van der Waals surface area (Å²) in [5.74, 6) is -1.74. The molecule has 3 N–H and O–H groups in total. The van der Waals surface area contributed by atoms with Crippen LogP contribution in [0.5, 0.6) is 0 Å². The second-order valence-electron chi connectivity index (χ2n) is 7.04. The lowest BCUT2D eigenvalue weighted by Crippen LogP contribution is -2.35. The Bertz CT molecular complexity index is 1200. The van der Waals surface area contributed by atoms with E-state index in [9.17, 15) is 26.4 Å². The van der Waals surface area contributed by atoms with Gasteiger partial charge in [-0.3, -0.25) is 9.52 Å². The van der Waals surface area contributed by atoms with Gasteiger partial charge in [0.05, 0.1) is 22.0 Å². The number of carbonyl (C=O) groups is 2. The number of amides is 1. The minimum Gasteiger partial charge on any atom is -0.478 e. The molecule has 9 nitrogen and oxygen atoms in total. The van der Waals surface area contributed by atoms with E-state index in [-0.39, 0.29) is 33.2 Å². The SMILES string of the molecule is Cc1ccc(C(=O)O)cc1S(=O)(=O)Nc1ccc(C(=O)N[C@H]2CCS(=O)(=O)C2)cc1. The first-order valence-electron chi connectivity index (χ1n) is 8.95. The zero-order valence-corrected chi connectivity index (χ0v) is 17.6. The molecule has 3 rings (SSSR count). The van der Waals surface area contributed by atoms with Gasteiger partial charge in [-0.25, -0.2) is 21.6 Å². The highest BCUT2D eigenvalue weighted by molar-refractivity contribution is 7.92. The van der Waals surface area contributed by atoms with Crippen LogP contribution >= 0.6 is 0 Å². The number of hydrogen-bond donors (Lipinski definition) is 3. The van der Waals surface area contributed by atoms with Gasteiger partial charge in [-0.15, -0.1) is 0 Å². The van der Waals surface area contributed by atoms with E-state index in [1.54, 1.807) is 6.92 Å². The third kappa shape index (κ3) is 4.97. The number of sulfone groups is 1. The van der Waals surface area contributed by atoms with Gasteiger partial charge in [0.25, 0.3) is 15.9 Å². The van der Waals surface area contributed by atoms with Crippen LogP contribution in [0.15, 0.2) is 47.4 Å². The van der Waals surface area contributed by atoms with E-state index in [0.717, 1.165) is 6.07 Å². The van der Waals surface area contributed by atoms with E-state index in [4.69, 9.17) is 5.11 Å². The fourth-order valence-corrected chi connectivity index (χ4v) is 6.10. The van der Waals surface area contributed by atoms with E-state index < -0.39 is 37.8 Å². The minimum absolute atomic E-state index is 0.0428. The predicted molar refractivity (Wildman–Crippen MR) is 110 cm³/mol. The van der Waals surface area contributed by atoms with Crippen molar-refractivity contribution in [1.82, 2.24) is 5.32 Å². The number of carboxylic acid groups (broad SMARTS) is 1. The van der Waals surface area contributed by atoms with Crippen molar-refractivity contribution in [3.8, 4) is 0 Å². The number of hydrogen-bond acceptors (Lipinski definition) is 6. The van der Waals surface area contributed by atoms with Gasteiger partial charge in [0.2, 0.25) is 0 Å². The first-order valence-corrected chi connectivity index (χ1v) is 12.3. The molecule has 0 aliphatic carbocycles. The van der Waals surface area contributed by atoms with E-state index in [0.29, 0.717) is 12.0 Å². The molecule has 1 aliphatic heterocycles. The molecular formula is C19H20N2O7S2. The summed E-state index contributed by atoms with van der Waals surface area (Å²) in [6, 6.07) is 8.99. The molecule has 30 heavy (non-hydrogen) atoms. The van der Waals surface area contributed by atoms with Crippen molar-refractivity contribution < 1.29 is 31.5 Å². The lowest BCUT2D eigenvalue weighted by atomic mass is 10.1. The highest BCUT2D eigenvalue weighted by atomic mass is 32.2. The molecule has 1 aliphatic rings. The van der Waals surface area contributed by atoms with Crippen LogP contribution in [-0.4, -0.2) is 51.4 Å². The minimum atomic E-state index is -4.05. The molecule has 160 valence electrons. The Labute approximate surface area is 174 Å². The second kappa shape index (κ2) is 8.07. The quantitative estimate of drug-likeness (QED) is 0.600. The third-order valence-corrected chi connectivity index (χ3v) is 7.98. The molecule has 0 saturated carbocycles. The Morgan fingerprint density at radius 2 is 1.70 bits per heavy atom. The number of aryl methyl sites for hydroxylation is 1. The van der Waals surface area contributed by atoms with Crippen molar-refractivity contribution in [3.63, 3.8) is 0 Å². The number of anilines is 1. The monoisotopic (exact) mass is 452 g/mol. The molecule has 2 aromatic rings. The van der Waals surface area contributed by atoms with E-state index in [1.807, 2.05) is 0 Å². The van der Waals surface area contributed by atoms with Gasteiger partial charge < -0.3 is 10.4 Å². The average molecular weight is 453 g/mol. The van der Waals surface area contributed by atoms with Gasteiger partial charge in [0.1, 0.15) is 0 Å². The van der Waals surface area contributed by atoms with Crippen molar-refractivity contribution in [2.24, 2.45) is 0 Å². The molecule has 0 unspecified atom stereocenters. The summed E-state index contributed by atoms with van der Waals surface area (Å²) in [6.07, 6.45) is 0.362. The number of aromatic carboxylic acids is 1. The van der Waals surface area contributed by atoms with E-state index in [1.165, 1.54) is 36.4 Å². The average Bonchev–Trinajstić information content (AvgIpc) is 3.00. The molecule has 0 bridgehead atoms. The molecular weight excluding hydrogens is 432 g/mol. The van der Waals surface area contributed by atoms with Crippen molar-refractivity contribution >= 4 is 37.4 Å². The van der Waals surface area contributed by atoms with Crippen molar-refractivity contribution in [2.75, 3.05) is 16.2 Å². The van der Waals surface area contributed by atoms with Crippen molar-refractivity contribution in [2.45, 2.75) is 24.3 Å². The zero-order valence-electron chi connectivity index (χ0n) is 16.0. The molecule has 0 aromatic heterocycles. The van der Waals surface area contributed by atoms with Crippen LogP contribution in [0.4, 0.5) is 5.69 Å². The van der Waals surface area contributed by atoms with Gasteiger partial charge in [-0.2, -0.15) is 0 Å². The molecule has 2 aromatic carbocycles. The van der Waals surface area contributed by atoms with Gasteiger partial charge >= 0.3 is 5.97 Å². The highest BCUT2D eigenvalue weighted by Gasteiger charge is 2.29. The Hall–Kier alpha value is -2.92. The smallest absolute Gasteiger partial charge is 0.335 e.